The smallest absolute Gasteiger partial charge is 0.243 e. The fourth-order valence-corrected chi connectivity index (χ4v) is 1.84. The van der Waals surface area contributed by atoms with Gasteiger partial charge in [0.2, 0.25) is 5.95 Å². The summed E-state index contributed by atoms with van der Waals surface area (Å²) in [5.41, 5.74) is 5.40. The molecule has 2 rings (SSSR count). The van der Waals surface area contributed by atoms with Crippen LogP contribution in [-0.4, -0.2) is 16.2 Å². The van der Waals surface area contributed by atoms with Crippen molar-refractivity contribution in [1.29, 1.82) is 0 Å². The monoisotopic (exact) mass is 294 g/mol. The molecule has 0 bridgehead atoms. The predicted molar refractivity (Wildman–Crippen MR) is 79.2 cm³/mol. The van der Waals surface area contributed by atoms with E-state index in [1.807, 2.05) is 26.0 Å². The molecule has 0 saturated carbocycles. The second-order valence-electron chi connectivity index (χ2n) is 4.02. The van der Waals surface area contributed by atoms with Gasteiger partial charge in [0.1, 0.15) is 0 Å². The van der Waals surface area contributed by atoms with E-state index in [2.05, 4.69) is 20.5 Å². The quantitative estimate of drug-likeness (QED) is 0.691. The van der Waals surface area contributed by atoms with Crippen LogP contribution < -0.4 is 5.43 Å². The third-order valence-corrected chi connectivity index (χ3v) is 3.04. The first-order valence-electron chi connectivity index (χ1n) is 5.61. The average Bonchev–Trinajstić information content (AvgIpc) is 2.32. The number of aryl methyl sites for hydroxylation is 2. The Kier molecular flexibility index (Phi) is 4.35. The van der Waals surface area contributed by atoms with Gasteiger partial charge in [-0.15, -0.1) is 0 Å². The fourth-order valence-electron chi connectivity index (χ4n) is 1.53. The number of nitrogens with zero attached hydrogens (tertiary/aromatic N) is 3. The second-order valence-corrected chi connectivity index (χ2v) is 4.83. The van der Waals surface area contributed by atoms with Crippen LogP contribution >= 0.6 is 23.2 Å². The van der Waals surface area contributed by atoms with Crippen LogP contribution in [0.25, 0.3) is 0 Å². The van der Waals surface area contributed by atoms with Crippen LogP contribution in [0.3, 0.4) is 0 Å². The second kappa shape index (κ2) is 5.99. The number of halogens is 2. The Morgan fingerprint density at radius 3 is 2.37 bits per heavy atom. The molecule has 0 saturated heterocycles. The van der Waals surface area contributed by atoms with Crippen molar-refractivity contribution in [2.24, 2.45) is 5.10 Å². The minimum Gasteiger partial charge on any atom is -0.245 e. The number of benzene rings is 1. The molecule has 1 heterocycles. The molecule has 0 aliphatic rings. The van der Waals surface area contributed by atoms with Gasteiger partial charge in [-0.1, -0.05) is 29.3 Å². The highest BCUT2D eigenvalue weighted by atomic mass is 35.5. The van der Waals surface area contributed by atoms with Gasteiger partial charge in [0.05, 0.1) is 16.3 Å². The summed E-state index contributed by atoms with van der Waals surface area (Å²) in [5.74, 6) is 0.466. The van der Waals surface area contributed by atoms with Crippen LogP contribution in [0.4, 0.5) is 5.95 Å². The third-order valence-electron chi connectivity index (χ3n) is 2.30. The Balaban J connectivity index is 2.08. The standard InChI is InChI=1S/C13H12Cl2N4/c1-8-5-9(2)18-13(17-8)19-16-7-10-3-4-11(14)12(15)6-10/h3-7H,1-2H3,(H,17,18,19)/b16-7+. The molecule has 1 aromatic heterocycles. The molecular weight excluding hydrogens is 283 g/mol. The summed E-state index contributed by atoms with van der Waals surface area (Å²) in [6, 6.07) is 7.17. The molecule has 0 unspecified atom stereocenters. The van der Waals surface area contributed by atoms with E-state index in [0.717, 1.165) is 17.0 Å². The fraction of sp³-hybridized carbons (Fsp3) is 0.154. The average molecular weight is 295 g/mol. The van der Waals surface area contributed by atoms with Crippen LogP contribution in [0.2, 0.25) is 10.0 Å². The normalized spacial score (nSPS) is 10.9. The van der Waals surface area contributed by atoms with E-state index in [1.165, 1.54) is 0 Å². The van der Waals surface area contributed by atoms with Crippen LogP contribution in [0.1, 0.15) is 17.0 Å². The molecule has 0 radical (unpaired) electrons. The van der Waals surface area contributed by atoms with Crippen molar-refractivity contribution in [2.75, 3.05) is 5.43 Å². The highest BCUT2D eigenvalue weighted by molar-refractivity contribution is 6.42. The van der Waals surface area contributed by atoms with Crippen molar-refractivity contribution in [2.45, 2.75) is 13.8 Å². The lowest BCUT2D eigenvalue weighted by molar-refractivity contribution is 1.04. The number of anilines is 1. The van der Waals surface area contributed by atoms with E-state index in [0.29, 0.717) is 16.0 Å². The van der Waals surface area contributed by atoms with Crippen molar-refractivity contribution in [3.8, 4) is 0 Å². The van der Waals surface area contributed by atoms with Crippen LogP contribution in [0.5, 0.6) is 0 Å². The zero-order chi connectivity index (χ0) is 13.8. The van der Waals surface area contributed by atoms with E-state index in [1.54, 1.807) is 18.3 Å². The topological polar surface area (TPSA) is 50.2 Å². The first-order valence-corrected chi connectivity index (χ1v) is 6.36. The van der Waals surface area contributed by atoms with Crippen molar-refractivity contribution in [3.63, 3.8) is 0 Å². The zero-order valence-electron chi connectivity index (χ0n) is 10.5. The number of nitrogens with one attached hydrogen (secondary N) is 1. The molecule has 0 fully saturated rings. The molecule has 0 aliphatic heterocycles. The Morgan fingerprint density at radius 1 is 1.05 bits per heavy atom. The van der Waals surface area contributed by atoms with Crippen molar-refractivity contribution in [1.82, 2.24) is 9.97 Å². The highest BCUT2D eigenvalue weighted by Gasteiger charge is 1.98. The highest BCUT2D eigenvalue weighted by Crippen LogP contribution is 2.21. The third kappa shape index (κ3) is 3.91. The van der Waals surface area contributed by atoms with Gasteiger partial charge < -0.3 is 0 Å². The molecule has 19 heavy (non-hydrogen) atoms. The molecule has 0 spiro atoms. The van der Waals surface area contributed by atoms with Gasteiger partial charge in [-0.3, -0.25) is 0 Å². The Labute approximate surface area is 121 Å². The zero-order valence-corrected chi connectivity index (χ0v) is 12.0. The lowest BCUT2D eigenvalue weighted by Crippen LogP contribution is -1.99. The Bertz CT molecular complexity index is 606. The van der Waals surface area contributed by atoms with Gasteiger partial charge in [-0.05, 0) is 37.6 Å². The summed E-state index contributed by atoms with van der Waals surface area (Å²) < 4.78 is 0. The predicted octanol–water partition coefficient (Wildman–Crippen LogP) is 3.85. The molecule has 4 nitrogen and oxygen atoms in total. The maximum Gasteiger partial charge on any atom is 0.243 e. The van der Waals surface area contributed by atoms with E-state index in [4.69, 9.17) is 23.2 Å². The molecule has 1 aromatic carbocycles. The summed E-state index contributed by atoms with van der Waals surface area (Å²) in [4.78, 5) is 8.43. The Morgan fingerprint density at radius 2 is 1.74 bits per heavy atom. The number of hydrogen-bond acceptors (Lipinski definition) is 4. The van der Waals surface area contributed by atoms with Crippen LogP contribution in [0, 0.1) is 13.8 Å². The minimum absolute atomic E-state index is 0.466. The molecular formula is C13H12Cl2N4. The van der Waals surface area contributed by atoms with Gasteiger partial charge in [0, 0.05) is 11.4 Å². The summed E-state index contributed by atoms with van der Waals surface area (Å²) in [5, 5.41) is 5.07. The van der Waals surface area contributed by atoms with E-state index in [9.17, 15) is 0 Å². The maximum absolute atomic E-state index is 5.91. The number of hydrogen-bond donors (Lipinski definition) is 1. The lowest BCUT2D eigenvalue weighted by atomic mass is 10.2. The molecule has 98 valence electrons. The summed E-state index contributed by atoms with van der Waals surface area (Å²) >= 11 is 11.7. The maximum atomic E-state index is 5.91. The molecule has 0 amide bonds. The van der Waals surface area contributed by atoms with Crippen molar-refractivity contribution in [3.05, 3.63) is 51.3 Å². The minimum atomic E-state index is 0.466. The van der Waals surface area contributed by atoms with Gasteiger partial charge in [0.25, 0.3) is 0 Å². The first-order chi connectivity index (χ1) is 9.04. The largest absolute Gasteiger partial charge is 0.245 e. The van der Waals surface area contributed by atoms with Crippen molar-refractivity contribution < 1.29 is 0 Å². The van der Waals surface area contributed by atoms with E-state index < -0.39 is 0 Å². The number of rotatable bonds is 3. The summed E-state index contributed by atoms with van der Waals surface area (Å²) in [7, 11) is 0. The molecule has 0 aliphatic carbocycles. The van der Waals surface area contributed by atoms with Gasteiger partial charge >= 0.3 is 0 Å². The summed E-state index contributed by atoms with van der Waals surface area (Å²) in [6.45, 7) is 3.81. The van der Waals surface area contributed by atoms with Crippen LogP contribution in [-0.2, 0) is 0 Å². The van der Waals surface area contributed by atoms with Crippen molar-refractivity contribution >= 4 is 35.4 Å². The number of hydrazone groups is 1. The molecule has 1 N–H and O–H groups in total. The van der Waals surface area contributed by atoms with Crippen LogP contribution in [0.15, 0.2) is 29.4 Å². The SMILES string of the molecule is Cc1cc(C)nc(N/N=C/c2ccc(Cl)c(Cl)c2)n1. The Hall–Kier alpha value is -1.65. The lowest BCUT2D eigenvalue weighted by Gasteiger charge is -2.01. The molecule has 6 heteroatoms. The van der Waals surface area contributed by atoms with Gasteiger partial charge in [0.15, 0.2) is 0 Å². The molecule has 0 atom stereocenters. The van der Waals surface area contributed by atoms with Gasteiger partial charge in [-0.2, -0.15) is 5.10 Å². The van der Waals surface area contributed by atoms with E-state index >= 15 is 0 Å². The molecule has 2 aromatic rings. The van der Waals surface area contributed by atoms with Gasteiger partial charge in [-0.25, -0.2) is 15.4 Å². The van der Waals surface area contributed by atoms with E-state index in [-0.39, 0.29) is 0 Å². The number of aromatic nitrogens is 2. The first kappa shape index (κ1) is 13.8. The summed E-state index contributed by atoms with van der Waals surface area (Å²) in [6.07, 6.45) is 1.63.